The van der Waals surface area contributed by atoms with Crippen LogP contribution in [0.5, 0.6) is 0 Å². The lowest BCUT2D eigenvalue weighted by Crippen LogP contribution is -2.53. The topological polar surface area (TPSA) is 105 Å². The molecule has 0 saturated carbocycles. The van der Waals surface area contributed by atoms with Crippen LogP contribution in [0.3, 0.4) is 0 Å². The van der Waals surface area contributed by atoms with E-state index in [1.807, 2.05) is 6.92 Å². The second-order valence-corrected chi connectivity index (χ2v) is 8.96. The highest BCUT2D eigenvalue weighted by molar-refractivity contribution is 6.33. The average Bonchev–Trinajstić information content (AvgIpc) is 3.29. The summed E-state index contributed by atoms with van der Waals surface area (Å²) in [5, 5.41) is 12.5. The minimum Gasteiger partial charge on any atom is -0.466 e. The summed E-state index contributed by atoms with van der Waals surface area (Å²) < 4.78 is 11.7. The number of aliphatic hydroxyl groups excluding tert-OH is 1. The average molecular weight is 451 g/mol. The summed E-state index contributed by atoms with van der Waals surface area (Å²) in [6.07, 6.45) is 1.34. The van der Waals surface area contributed by atoms with E-state index in [1.54, 1.807) is 31.2 Å². The van der Waals surface area contributed by atoms with Crippen LogP contribution in [-0.2, 0) is 23.9 Å². The molecule has 0 radical (unpaired) electrons. The van der Waals surface area contributed by atoms with Crippen LogP contribution >= 0.6 is 11.6 Å². The summed E-state index contributed by atoms with van der Waals surface area (Å²) in [4.78, 5) is 41.3. The number of carbonyl (C=O) groups is 3. The molecule has 4 rings (SSSR count). The highest BCUT2D eigenvalue weighted by Gasteiger charge is 2.78. The number of carbonyl (C=O) groups excluding carboxylic acids is 3. The van der Waals surface area contributed by atoms with E-state index in [9.17, 15) is 19.5 Å². The first-order chi connectivity index (χ1) is 14.8. The van der Waals surface area contributed by atoms with Gasteiger partial charge >= 0.3 is 5.97 Å². The Kier molecular flexibility index (Phi) is 5.74. The molecule has 1 aromatic rings. The van der Waals surface area contributed by atoms with Crippen molar-refractivity contribution in [2.75, 3.05) is 25.1 Å². The van der Waals surface area contributed by atoms with Gasteiger partial charge in [0.15, 0.2) is 0 Å². The predicted octanol–water partition coefficient (Wildman–Crippen LogP) is 1.99. The van der Waals surface area contributed by atoms with Crippen LogP contribution in [0.2, 0.25) is 5.02 Å². The van der Waals surface area contributed by atoms with E-state index in [-0.39, 0.29) is 25.7 Å². The number of amides is 2. The van der Waals surface area contributed by atoms with Crippen LogP contribution < -0.4 is 5.32 Å². The van der Waals surface area contributed by atoms with Crippen molar-refractivity contribution in [2.24, 2.45) is 11.8 Å². The number of para-hydroxylation sites is 1. The largest absolute Gasteiger partial charge is 0.466 e. The summed E-state index contributed by atoms with van der Waals surface area (Å²) >= 11 is 6.21. The Morgan fingerprint density at radius 1 is 1.35 bits per heavy atom. The van der Waals surface area contributed by atoms with Crippen LogP contribution in [-0.4, -0.2) is 64.8 Å². The molecule has 2 unspecified atom stereocenters. The van der Waals surface area contributed by atoms with Crippen molar-refractivity contribution in [3.05, 3.63) is 29.3 Å². The first kappa shape index (κ1) is 22.0. The highest BCUT2D eigenvalue weighted by atomic mass is 35.5. The molecule has 2 N–H and O–H groups in total. The molecule has 168 valence electrons. The number of esters is 1. The summed E-state index contributed by atoms with van der Waals surface area (Å²) in [5.74, 6) is -2.78. The van der Waals surface area contributed by atoms with Crippen LogP contribution in [0, 0.1) is 11.8 Å². The van der Waals surface area contributed by atoms with Crippen molar-refractivity contribution >= 4 is 35.1 Å². The minimum atomic E-state index is -1.12. The van der Waals surface area contributed by atoms with Crippen LogP contribution in [0.1, 0.15) is 33.1 Å². The summed E-state index contributed by atoms with van der Waals surface area (Å²) in [7, 11) is 0. The summed E-state index contributed by atoms with van der Waals surface area (Å²) in [5.41, 5.74) is -1.55. The van der Waals surface area contributed by atoms with Gasteiger partial charge < -0.3 is 24.8 Å². The molecule has 1 aromatic carbocycles. The number of nitrogens with zero attached hydrogens (tertiary/aromatic N) is 1. The van der Waals surface area contributed by atoms with Gasteiger partial charge in [-0.2, -0.15) is 0 Å². The monoisotopic (exact) mass is 450 g/mol. The van der Waals surface area contributed by atoms with E-state index in [2.05, 4.69) is 5.32 Å². The van der Waals surface area contributed by atoms with Gasteiger partial charge in [-0.05, 0) is 45.2 Å². The maximum Gasteiger partial charge on any atom is 0.312 e. The zero-order valence-corrected chi connectivity index (χ0v) is 18.4. The van der Waals surface area contributed by atoms with Gasteiger partial charge in [-0.1, -0.05) is 23.7 Å². The van der Waals surface area contributed by atoms with Crippen LogP contribution in [0.15, 0.2) is 24.3 Å². The molecule has 0 aliphatic carbocycles. The molecule has 2 bridgehead atoms. The van der Waals surface area contributed by atoms with E-state index in [0.717, 1.165) is 0 Å². The molecule has 3 saturated heterocycles. The van der Waals surface area contributed by atoms with E-state index in [0.29, 0.717) is 30.0 Å². The van der Waals surface area contributed by atoms with Crippen molar-refractivity contribution in [3.8, 4) is 0 Å². The lowest BCUT2D eigenvalue weighted by molar-refractivity contribution is -0.159. The zero-order chi connectivity index (χ0) is 22.4. The molecule has 31 heavy (non-hydrogen) atoms. The molecule has 0 aromatic heterocycles. The number of anilines is 1. The molecule has 1 spiro atoms. The van der Waals surface area contributed by atoms with Crippen molar-refractivity contribution in [1.29, 1.82) is 0 Å². The van der Waals surface area contributed by atoms with Crippen molar-refractivity contribution in [3.63, 3.8) is 0 Å². The lowest BCUT2D eigenvalue weighted by atomic mass is 9.66. The Morgan fingerprint density at radius 3 is 2.77 bits per heavy atom. The molecule has 3 heterocycles. The van der Waals surface area contributed by atoms with Gasteiger partial charge in [0.2, 0.25) is 11.8 Å². The van der Waals surface area contributed by atoms with E-state index in [4.69, 9.17) is 21.1 Å². The van der Waals surface area contributed by atoms with Crippen LogP contribution in [0.4, 0.5) is 5.69 Å². The second kappa shape index (κ2) is 8.07. The number of halogens is 1. The third kappa shape index (κ3) is 3.32. The number of hydrogen-bond donors (Lipinski definition) is 2. The molecule has 2 amide bonds. The first-order valence-electron chi connectivity index (χ1n) is 10.6. The molecule has 3 aliphatic rings. The van der Waals surface area contributed by atoms with Gasteiger partial charge in [0, 0.05) is 13.2 Å². The van der Waals surface area contributed by atoms with Crippen molar-refractivity contribution in [2.45, 2.75) is 50.4 Å². The summed E-state index contributed by atoms with van der Waals surface area (Å²) in [6.45, 7) is 3.79. The lowest BCUT2D eigenvalue weighted by Gasteiger charge is -2.33. The number of likely N-dealkylation sites (tertiary alicyclic amines) is 1. The van der Waals surface area contributed by atoms with Crippen LogP contribution in [0.25, 0.3) is 0 Å². The molecule has 9 heteroatoms. The smallest absolute Gasteiger partial charge is 0.312 e. The molecule has 3 aliphatic heterocycles. The Labute approximate surface area is 185 Å². The Bertz CT molecular complexity index is 910. The van der Waals surface area contributed by atoms with Gasteiger partial charge in [-0.15, -0.1) is 0 Å². The van der Waals surface area contributed by atoms with E-state index < -0.39 is 41.0 Å². The number of rotatable bonds is 7. The number of nitrogens with one attached hydrogen (secondary N) is 1. The number of fused-ring (bicyclic) bond motifs is 1. The second-order valence-electron chi connectivity index (χ2n) is 8.56. The molecule has 5 atom stereocenters. The fourth-order valence-corrected chi connectivity index (χ4v) is 5.74. The van der Waals surface area contributed by atoms with Gasteiger partial charge in [0.1, 0.15) is 17.6 Å². The summed E-state index contributed by atoms with van der Waals surface area (Å²) in [6, 6.07) is 5.92. The van der Waals surface area contributed by atoms with Gasteiger partial charge in [0.05, 0.1) is 28.8 Å². The zero-order valence-electron chi connectivity index (χ0n) is 17.6. The standard InChI is InChI=1S/C22H27ClN2O6/c1-3-30-20(29)16-15-19(28)25(11-6-12-26)17(22(15)10-9-21(16,2)31-22)18(27)24-14-8-5-4-7-13(14)23/h4-5,7-8,15-17,26H,3,6,9-12H2,1-2H3,(H,24,27)/t15-,16-,17?,21+,22?/m0/s1. The number of ether oxygens (including phenoxy) is 2. The van der Waals surface area contributed by atoms with E-state index in [1.165, 1.54) is 4.90 Å². The minimum absolute atomic E-state index is 0.125. The third-order valence-corrected chi connectivity index (χ3v) is 7.08. The Hall–Kier alpha value is -2.16. The highest BCUT2D eigenvalue weighted by Crippen LogP contribution is 2.63. The maximum atomic E-state index is 13.5. The molecule has 3 fully saturated rings. The number of aliphatic hydroxyl groups is 1. The predicted molar refractivity (Wildman–Crippen MR) is 112 cm³/mol. The maximum absolute atomic E-state index is 13.5. The van der Waals surface area contributed by atoms with Crippen molar-refractivity contribution in [1.82, 2.24) is 4.90 Å². The van der Waals surface area contributed by atoms with Gasteiger partial charge in [0.25, 0.3) is 0 Å². The SMILES string of the molecule is CCOC(=O)[C@@H]1[C@H]2C(=O)N(CCCO)C(C(=O)Nc3ccccc3Cl)C23CC[C@@]1(C)O3. The molecule has 8 nitrogen and oxygen atoms in total. The number of benzene rings is 1. The fraction of sp³-hybridized carbons (Fsp3) is 0.591. The third-order valence-electron chi connectivity index (χ3n) is 6.75. The first-order valence-corrected chi connectivity index (χ1v) is 11.0. The van der Waals surface area contributed by atoms with E-state index >= 15 is 0 Å². The molecular formula is C22H27ClN2O6. The van der Waals surface area contributed by atoms with Gasteiger partial charge in [-0.3, -0.25) is 14.4 Å². The number of hydrogen-bond acceptors (Lipinski definition) is 6. The fourth-order valence-electron chi connectivity index (χ4n) is 5.56. The van der Waals surface area contributed by atoms with Crippen molar-refractivity contribution < 1.29 is 29.0 Å². The van der Waals surface area contributed by atoms with Gasteiger partial charge in [-0.25, -0.2) is 0 Å². The Morgan fingerprint density at radius 2 is 2.10 bits per heavy atom. The normalized spacial score (nSPS) is 33.5. The Balaban J connectivity index is 1.72. The quantitative estimate of drug-likeness (QED) is 0.615. The molecular weight excluding hydrogens is 424 g/mol.